The summed E-state index contributed by atoms with van der Waals surface area (Å²) < 4.78 is 18.5. The maximum atomic E-state index is 13.4. The van der Waals surface area contributed by atoms with Crippen molar-refractivity contribution in [2.45, 2.75) is 25.5 Å². The van der Waals surface area contributed by atoms with E-state index in [1.807, 2.05) is 0 Å². The number of methoxy groups -OCH3 is 1. The van der Waals surface area contributed by atoms with Gasteiger partial charge in [-0.15, -0.1) is 0 Å². The standard InChI is InChI=1S/C13H17Cl2FN2O2/c1-7(18-11(19)5-8(6-17)20-2)12-9(14)3-4-10(16)13(12)15/h3-4,7-8H,5-6,17H2,1-2H3,(H,18,19). The van der Waals surface area contributed by atoms with Crippen molar-refractivity contribution in [3.05, 3.63) is 33.6 Å². The van der Waals surface area contributed by atoms with Gasteiger partial charge in [-0.05, 0) is 19.1 Å². The molecular weight excluding hydrogens is 306 g/mol. The number of benzene rings is 1. The molecule has 0 aliphatic carbocycles. The van der Waals surface area contributed by atoms with Gasteiger partial charge in [0, 0.05) is 24.2 Å². The van der Waals surface area contributed by atoms with E-state index in [1.165, 1.54) is 19.2 Å². The van der Waals surface area contributed by atoms with Gasteiger partial charge in [0.15, 0.2) is 0 Å². The highest BCUT2D eigenvalue weighted by molar-refractivity contribution is 6.36. The molecule has 1 amide bonds. The summed E-state index contributed by atoms with van der Waals surface area (Å²) in [5.41, 5.74) is 5.80. The van der Waals surface area contributed by atoms with Gasteiger partial charge in [-0.25, -0.2) is 4.39 Å². The lowest BCUT2D eigenvalue weighted by molar-refractivity contribution is -0.124. The number of rotatable bonds is 6. The molecule has 0 saturated carbocycles. The molecule has 1 rings (SSSR count). The third-order valence-corrected chi connectivity index (χ3v) is 3.61. The minimum atomic E-state index is -0.580. The molecule has 0 radical (unpaired) electrons. The number of carbonyl (C=O) groups excluding carboxylic acids is 1. The van der Waals surface area contributed by atoms with Crippen LogP contribution in [0.4, 0.5) is 4.39 Å². The summed E-state index contributed by atoms with van der Waals surface area (Å²) in [6, 6.07) is 2.06. The van der Waals surface area contributed by atoms with Crippen LogP contribution in [0.25, 0.3) is 0 Å². The van der Waals surface area contributed by atoms with Crippen LogP contribution in [0.2, 0.25) is 10.0 Å². The van der Waals surface area contributed by atoms with Gasteiger partial charge in [-0.1, -0.05) is 23.2 Å². The highest BCUT2D eigenvalue weighted by atomic mass is 35.5. The molecule has 0 fully saturated rings. The van der Waals surface area contributed by atoms with Gasteiger partial charge in [0.1, 0.15) is 5.82 Å². The second kappa shape index (κ2) is 7.78. The van der Waals surface area contributed by atoms with Crippen LogP contribution in [0.3, 0.4) is 0 Å². The predicted molar refractivity (Wildman–Crippen MR) is 77.4 cm³/mol. The smallest absolute Gasteiger partial charge is 0.223 e. The Labute approximate surface area is 127 Å². The van der Waals surface area contributed by atoms with Crippen LogP contribution in [0, 0.1) is 5.82 Å². The van der Waals surface area contributed by atoms with Crippen LogP contribution < -0.4 is 11.1 Å². The molecule has 0 aliphatic rings. The number of amides is 1. The minimum absolute atomic E-state index is 0.0904. The molecule has 1 aromatic carbocycles. The zero-order valence-electron chi connectivity index (χ0n) is 11.3. The third-order valence-electron chi connectivity index (χ3n) is 2.90. The Morgan fingerprint density at radius 3 is 2.70 bits per heavy atom. The third kappa shape index (κ3) is 4.31. The van der Waals surface area contributed by atoms with Crippen molar-refractivity contribution in [1.29, 1.82) is 0 Å². The van der Waals surface area contributed by atoms with Gasteiger partial charge in [0.05, 0.1) is 23.6 Å². The zero-order chi connectivity index (χ0) is 15.3. The Balaban J connectivity index is 2.79. The molecule has 0 saturated heterocycles. The molecule has 0 heterocycles. The van der Waals surface area contributed by atoms with E-state index < -0.39 is 11.9 Å². The number of nitrogens with two attached hydrogens (primary N) is 1. The second-order valence-corrected chi connectivity index (χ2v) is 5.13. The molecule has 0 aromatic heterocycles. The Morgan fingerprint density at radius 1 is 1.50 bits per heavy atom. The number of carbonyl (C=O) groups is 1. The lowest BCUT2D eigenvalue weighted by Gasteiger charge is -2.19. The first-order valence-corrected chi connectivity index (χ1v) is 6.81. The fourth-order valence-corrected chi connectivity index (χ4v) is 2.48. The predicted octanol–water partition coefficient (Wildman–Crippen LogP) is 2.67. The van der Waals surface area contributed by atoms with Crippen LogP contribution in [0.5, 0.6) is 0 Å². The summed E-state index contributed by atoms with van der Waals surface area (Å²) in [4.78, 5) is 11.8. The fraction of sp³-hybridized carbons (Fsp3) is 0.462. The molecule has 20 heavy (non-hydrogen) atoms. The van der Waals surface area contributed by atoms with Crippen molar-refractivity contribution >= 4 is 29.1 Å². The molecule has 7 heteroatoms. The number of hydrogen-bond acceptors (Lipinski definition) is 3. The summed E-state index contributed by atoms with van der Waals surface area (Å²) in [7, 11) is 1.48. The lowest BCUT2D eigenvalue weighted by atomic mass is 10.1. The fourth-order valence-electron chi connectivity index (χ4n) is 1.78. The summed E-state index contributed by atoms with van der Waals surface area (Å²) in [5, 5.41) is 2.90. The van der Waals surface area contributed by atoms with Crippen molar-refractivity contribution in [3.63, 3.8) is 0 Å². The van der Waals surface area contributed by atoms with E-state index in [0.717, 1.165) is 0 Å². The molecule has 1 aromatic rings. The molecular formula is C13H17Cl2FN2O2. The maximum Gasteiger partial charge on any atom is 0.223 e. The zero-order valence-corrected chi connectivity index (χ0v) is 12.8. The van der Waals surface area contributed by atoms with Crippen LogP contribution >= 0.6 is 23.2 Å². The first-order valence-electron chi connectivity index (χ1n) is 6.06. The number of hydrogen-bond donors (Lipinski definition) is 2. The van der Waals surface area contributed by atoms with Gasteiger partial charge in [-0.3, -0.25) is 4.79 Å². The topological polar surface area (TPSA) is 64.3 Å². The normalized spacial score (nSPS) is 13.9. The maximum absolute atomic E-state index is 13.4. The van der Waals surface area contributed by atoms with E-state index in [9.17, 15) is 9.18 Å². The van der Waals surface area contributed by atoms with Crippen molar-refractivity contribution in [2.24, 2.45) is 5.73 Å². The van der Waals surface area contributed by atoms with E-state index in [0.29, 0.717) is 10.6 Å². The summed E-state index contributed by atoms with van der Waals surface area (Å²) >= 11 is 11.9. The van der Waals surface area contributed by atoms with E-state index in [-0.39, 0.29) is 30.0 Å². The van der Waals surface area contributed by atoms with Gasteiger partial charge in [0.25, 0.3) is 0 Å². The lowest BCUT2D eigenvalue weighted by Crippen LogP contribution is -2.33. The average Bonchev–Trinajstić information content (AvgIpc) is 2.40. The van der Waals surface area contributed by atoms with E-state index in [2.05, 4.69) is 5.32 Å². The van der Waals surface area contributed by atoms with Crippen LogP contribution in [0.15, 0.2) is 12.1 Å². The number of nitrogens with one attached hydrogen (secondary N) is 1. The number of halogens is 3. The van der Waals surface area contributed by atoms with E-state index in [1.54, 1.807) is 6.92 Å². The van der Waals surface area contributed by atoms with E-state index in [4.69, 9.17) is 33.7 Å². The Kier molecular flexibility index (Phi) is 6.68. The average molecular weight is 323 g/mol. The van der Waals surface area contributed by atoms with Crippen LogP contribution in [-0.2, 0) is 9.53 Å². The Hall–Kier alpha value is -0.880. The van der Waals surface area contributed by atoms with Gasteiger partial charge >= 0.3 is 0 Å². The van der Waals surface area contributed by atoms with Gasteiger partial charge in [-0.2, -0.15) is 0 Å². The Bertz CT molecular complexity index is 482. The molecule has 4 nitrogen and oxygen atoms in total. The quantitative estimate of drug-likeness (QED) is 0.791. The van der Waals surface area contributed by atoms with E-state index >= 15 is 0 Å². The SMILES string of the molecule is COC(CN)CC(=O)NC(C)c1c(Cl)ccc(F)c1Cl. The molecule has 0 bridgehead atoms. The monoisotopic (exact) mass is 322 g/mol. The van der Waals surface area contributed by atoms with Crippen molar-refractivity contribution < 1.29 is 13.9 Å². The first kappa shape index (κ1) is 17.2. The highest BCUT2D eigenvalue weighted by Gasteiger charge is 2.20. The second-order valence-electron chi connectivity index (χ2n) is 4.34. The number of ether oxygens (including phenoxy) is 1. The van der Waals surface area contributed by atoms with Crippen molar-refractivity contribution in [1.82, 2.24) is 5.32 Å². The molecule has 0 aliphatic heterocycles. The Morgan fingerprint density at radius 2 is 2.15 bits per heavy atom. The molecule has 3 N–H and O–H groups in total. The molecule has 2 atom stereocenters. The summed E-state index contributed by atoms with van der Waals surface area (Å²) in [6.45, 7) is 1.91. The van der Waals surface area contributed by atoms with Crippen molar-refractivity contribution in [2.75, 3.05) is 13.7 Å². The van der Waals surface area contributed by atoms with Crippen molar-refractivity contribution in [3.8, 4) is 0 Å². The summed E-state index contributed by atoms with van der Waals surface area (Å²) in [6.07, 6.45) is -0.248. The molecule has 0 spiro atoms. The highest BCUT2D eigenvalue weighted by Crippen LogP contribution is 2.32. The molecule has 2 unspecified atom stereocenters. The van der Waals surface area contributed by atoms with Crippen LogP contribution in [0.1, 0.15) is 24.9 Å². The largest absolute Gasteiger partial charge is 0.380 e. The summed E-state index contributed by atoms with van der Waals surface area (Å²) in [5.74, 6) is -0.852. The minimum Gasteiger partial charge on any atom is -0.380 e. The van der Waals surface area contributed by atoms with Gasteiger partial charge in [0.2, 0.25) is 5.91 Å². The van der Waals surface area contributed by atoms with Gasteiger partial charge < -0.3 is 15.8 Å². The molecule has 112 valence electrons. The first-order chi connectivity index (χ1) is 9.40. The van der Waals surface area contributed by atoms with Crippen LogP contribution in [-0.4, -0.2) is 25.7 Å².